The van der Waals surface area contributed by atoms with E-state index in [2.05, 4.69) is 4.98 Å². The van der Waals surface area contributed by atoms with Crippen molar-refractivity contribution in [2.75, 3.05) is 12.8 Å². The second-order valence-electron chi connectivity index (χ2n) is 4.76. The molecule has 1 aromatic heterocycles. The van der Waals surface area contributed by atoms with E-state index in [9.17, 15) is 8.42 Å². The molecule has 0 amide bonds. The number of rotatable bonds is 5. The van der Waals surface area contributed by atoms with E-state index in [4.69, 9.17) is 5.73 Å². The standard InChI is InChI=1S/C13H19N3O2S/c1-16-12-7-6-10(19(2,17)18)9-11(12)15-13(16)5-3-4-8-14/h6-7,9H,3-5,8,14H2,1-2H3. The first kappa shape index (κ1) is 14.0. The smallest absolute Gasteiger partial charge is 0.175 e. The third kappa shape index (κ3) is 2.96. The minimum atomic E-state index is -3.18. The van der Waals surface area contributed by atoms with Crippen molar-refractivity contribution >= 4 is 20.9 Å². The number of sulfone groups is 1. The van der Waals surface area contributed by atoms with Gasteiger partial charge in [0.1, 0.15) is 5.82 Å². The minimum Gasteiger partial charge on any atom is -0.331 e. The summed E-state index contributed by atoms with van der Waals surface area (Å²) in [6.45, 7) is 0.683. The SMILES string of the molecule is Cn1c(CCCCN)nc2cc(S(C)(=O)=O)ccc21. The van der Waals surface area contributed by atoms with Crippen LogP contribution in [0.2, 0.25) is 0 Å². The Morgan fingerprint density at radius 2 is 2.05 bits per heavy atom. The minimum absolute atomic E-state index is 0.312. The molecule has 1 heterocycles. The number of hydrogen-bond acceptors (Lipinski definition) is 4. The van der Waals surface area contributed by atoms with Gasteiger partial charge in [0, 0.05) is 19.7 Å². The largest absolute Gasteiger partial charge is 0.331 e. The quantitative estimate of drug-likeness (QED) is 0.837. The molecule has 5 nitrogen and oxygen atoms in total. The first-order chi connectivity index (χ1) is 8.93. The van der Waals surface area contributed by atoms with E-state index in [0.717, 1.165) is 36.1 Å². The van der Waals surface area contributed by atoms with Crippen LogP contribution in [-0.4, -0.2) is 30.8 Å². The zero-order valence-corrected chi connectivity index (χ0v) is 12.1. The zero-order valence-electron chi connectivity index (χ0n) is 11.3. The molecule has 0 saturated heterocycles. The summed E-state index contributed by atoms with van der Waals surface area (Å²) in [5.41, 5.74) is 7.16. The number of hydrogen-bond donors (Lipinski definition) is 1. The second-order valence-corrected chi connectivity index (χ2v) is 6.77. The van der Waals surface area contributed by atoms with Crippen molar-refractivity contribution in [2.45, 2.75) is 24.2 Å². The van der Waals surface area contributed by atoms with E-state index < -0.39 is 9.84 Å². The topological polar surface area (TPSA) is 78.0 Å². The summed E-state index contributed by atoms with van der Waals surface area (Å²) in [5, 5.41) is 0. The van der Waals surface area contributed by atoms with Crippen LogP contribution < -0.4 is 5.73 Å². The second kappa shape index (κ2) is 5.30. The summed E-state index contributed by atoms with van der Waals surface area (Å²) in [4.78, 5) is 4.83. The third-order valence-electron chi connectivity index (χ3n) is 3.23. The van der Waals surface area contributed by atoms with Gasteiger partial charge >= 0.3 is 0 Å². The lowest BCUT2D eigenvalue weighted by Gasteiger charge is -2.01. The van der Waals surface area contributed by atoms with Crippen molar-refractivity contribution in [1.82, 2.24) is 9.55 Å². The summed E-state index contributed by atoms with van der Waals surface area (Å²) in [6.07, 6.45) is 4.03. The lowest BCUT2D eigenvalue weighted by atomic mass is 10.2. The van der Waals surface area contributed by atoms with E-state index >= 15 is 0 Å². The fourth-order valence-electron chi connectivity index (χ4n) is 2.11. The third-order valence-corrected chi connectivity index (χ3v) is 4.34. The Morgan fingerprint density at radius 1 is 1.32 bits per heavy atom. The summed E-state index contributed by atoms with van der Waals surface area (Å²) in [5.74, 6) is 0.967. The van der Waals surface area contributed by atoms with E-state index in [0.29, 0.717) is 11.4 Å². The Kier molecular flexibility index (Phi) is 3.91. The molecule has 1 aromatic carbocycles. The Labute approximate surface area is 113 Å². The molecule has 0 aliphatic carbocycles. The van der Waals surface area contributed by atoms with E-state index in [1.165, 1.54) is 6.26 Å². The number of benzene rings is 1. The molecule has 0 aliphatic rings. The molecule has 0 bridgehead atoms. The maximum absolute atomic E-state index is 11.5. The molecule has 19 heavy (non-hydrogen) atoms. The van der Waals surface area contributed by atoms with Gasteiger partial charge in [-0.05, 0) is 37.6 Å². The lowest BCUT2D eigenvalue weighted by Crippen LogP contribution is -2.02. The maximum atomic E-state index is 11.5. The molecule has 0 radical (unpaired) electrons. The fourth-order valence-corrected chi connectivity index (χ4v) is 2.75. The number of imidazole rings is 1. The molecular formula is C13H19N3O2S. The molecule has 2 N–H and O–H groups in total. The van der Waals surface area contributed by atoms with Crippen LogP contribution in [0.1, 0.15) is 18.7 Å². The van der Waals surface area contributed by atoms with Crippen LogP contribution in [0.15, 0.2) is 23.1 Å². The highest BCUT2D eigenvalue weighted by molar-refractivity contribution is 7.90. The van der Waals surface area contributed by atoms with E-state index in [1.807, 2.05) is 17.7 Å². The molecule has 0 spiro atoms. The summed E-state index contributed by atoms with van der Waals surface area (Å²) in [7, 11) is -1.23. The van der Waals surface area contributed by atoms with Crippen LogP contribution >= 0.6 is 0 Å². The predicted octanol–water partition coefficient (Wildman–Crippen LogP) is 1.26. The first-order valence-corrected chi connectivity index (χ1v) is 8.18. The van der Waals surface area contributed by atoms with Gasteiger partial charge in [-0.2, -0.15) is 0 Å². The highest BCUT2D eigenvalue weighted by atomic mass is 32.2. The summed E-state index contributed by atoms with van der Waals surface area (Å²) >= 11 is 0. The molecule has 2 aromatic rings. The Hall–Kier alpha value is -1.40. The summed E-state index contributed by atoms with van der Waals surface area (Å²) < 4.78 is 25.1. The average Bonchev–Trinajstić information content (AvgIpc) is 2.65. The number of unbranched alkanes of at least 4 members (excludes halogenated alkanes) is 1. The van der Waals surface area contributed by atoms with Crippen molar-refractivity contribution < 1.29 is 8.42 Å². The summed E-state index contributed by atoms with van der Waals surface area (Å²) in [6, 6.07) is 5.07. The number of aryl methyl sites for hydroxylation is 2. The van der Waals surface area contributed by atoms with Gasteiger partial charge in [-0.25, -0.2) is 13.4 Å². The normalized spacial score (nSPS) is 12.2. The van der Waals surface area contributed by atoms with Crippen LogP contribution in [0, 0.1) is 0 Å². The highest BCUT2D eigenvalue weighted by Gasteiger charge is 2.12. The molecular weight excluding hydrogens is 262 g/mol. The van der Waals surface area contributed by atoms with E-state index in [1.54, 1.807) is 12.1 Å². The van der Waals surface area contributed by atoms with Crippen LogP contribution in [0.3, 0.4) is 0 Å². The van der Waals surface area contributed by atoms with Gasteiger partial charge in [0.15, 0.2) is 9.84 Å². The van der Waals surface area contributed by atoms with E-state index in [-0.39, 0.29) is 0 Å². The molecule has 0 saturated carbocycles. The van der Waals surface area contributed by atoms with Gasteiger partial charge in [0.25, 0.3) is 0 Å². The van der Waals surface area contributed by atoms with Gasteiger partial charge in [0.2, 0.25) is 0 Å². The van der Waals surface area contributed by atoms with Gasteiger partial charge < -0.3 is 10.3 Å². The van der Waals surface area contributed by atoms with Crippen molar-refractivity contribution in [2.24, 2.45) is 12.8 Å². The average molecular weight is 281 g/mol. The van der Waals surface area contributed by atoms with Gasteiger partial charge in [-0.15, -0.1) is 0 Å². The Bertz CT molecular complexity index is 689. The van der Waals surface area contributed by atoms with Gasteiger partial charge in [0.05, 0.1) is 15.9 Å². The molecule has 0 aliphatic heterocycles. The van der Waals surface area contributed by atoms with Crippen LogP contribution in [0.5, 0.6) is 0 Å². The number of nitrogens with two attached hydrogens (primary N) is 1. The Balaban J connectivity index is 2.40. The molecule has 6 heteroatoms. The van der Waals surface area contributed by atoms with Gasteiger partial charge in [-0.3, -0.25) is 0 Å². The molecule has 2 rings (SSSR count). The van der Waals surface area contributed by atoms with Crippen molar-refractivity contribution in [3.05, 3.63) is 24.0 Å². The molecule has 0 atom stereocenters. The van der Waals surface area contributed by atoms with Crippen molar-refractivity contribution in [3.63, 3.8) is 0 Å². The monoisotopic (exact) mass is 281 g/mol. The van der Waals surface area contributed by atoms with Crippen LogP contribution in [0.4, 0.5) is 0 Å². The molecule has 0 unspecified atom stereocenters. The molecule has 0 fully saturated rings. The number of aromatic nitrogens is 2. The fraction of sp³-hybridized carbons (Fsp3) is 0.462. The predicted molar refractivity (Wildman–Crippen MR) is 75.8 cm³/mol. The van der Waals surface area contributed by atoms with Gasteiger partial charge in [-0.1, -0.05) is 0 Å². The van der Waals surface area contributed by atoms with Crippen molar-refractivity contribution in [1.29, 1.82) is 0 Å². The number of nitrogens with zero attached hydrogens (tertiary/aromatic N) is 2. The lowest BCUT2D eigenvalue weighted by molar-refractivity contribution is 0.602. The van der Waals surface area contributed by atoms with Crippen molar-refractivity contribution in [3.8, 4) is 0 Å². The van der Waals surface area contributed by atoms with Crippen LogP contribution in [-0.2, 0) is 23.3 Å². The Morgan fingerprint density at radius 3 is 2.68 bits per heavy atom. The first-order valence-electron chi connectivity index (χ1n) is 6.29. The van der Waals surface area contributed by atoms with Crippen LogP contribution in [0.25, 0.3) is 11.0 Å². The maximum Gasteiger partial charge on any atom is 0.175 e. The number of fused-ring (bicyclic) bond motifs is 1. The molecule has 104 valence electrons. The highest BCUT2D eigenvalue weighted by Crippen LogP contribution is 2.20. The zero-order chi connectivity index (χ0) is 14.0.